The first-order valence-corrected chi connectivity index (χ1v) is 7.23. The van der Waals surface area contributed by atoms with E-state index >= 15 is 0 Å². The van der Waals surface area contributed by atoms with E-state index in [0.29, 0.717) is 41.7 Å². The van der Waals surface area contributed by atoms with Crippen LogP contribution >= 0.6 is 11.6 Å². The van der Waals surface area contributed by atoms with E-state index in [0.717, 1.165) is 5.56 Å². The minimum Gasteiger partial charge on any atom is -0.370 e. The average molecular weight is 306 g/mol. The van der Waals surface area contributed by atoms with Crippen LogP contribution in [0, 0.1) is 0 Å². The lowest BCUT2D eigenvalue weighted by atomic mass is 10.2. The van der Waals surface area contributed by atoms with E-state index < -0.39 is 0 Å². The summed E-state index contributed by atoms with van der Waals surface area (Å²) >= 11 is 5.85. The third kappa shape index (κ3) is 3.95. The lowest BCUT2D eigenvalue weighted by Crippen LogP contribution is -2.33. The number of aromatic nitrogens is 2. The summed E-state index contributed by atoms with van der Waals surface area (Å²) < 4.78 is 5.20. The normalized spacial score (nSPS) is 15.2. The van der Waals surface area contributed by atoms with Gasteiger partial charge in [0, 0.05) is 23.0 Å². The molecule has 1 aromatic carbocycles. The van der Waals surface area contributed by atoms with Gasteiger partial charge in [-0.15, -0.1) is 0 Å². The second kappa shape index (κ2) is 6.13. The minimum atomic E-state index is 0.481. The number of aliphatic imine (C=N–C) groups is 1. The molecule has 0 atom stereocenters. The van der Waals surface area contributed by atoms with E-state index in [1.807, 2.05) is 12.1 Å². The van der Waals surface area contributed by atoms with Gasteiger partial charge in [-0.05, 0) is 37.1 Å². The van der Waals surface area contributed by atoms with Crippen molar-refractivity contribution in [2.24, 2.45) is 10.7 Å². The Kier molecular flexibility index (Phi) is 4.06. The zero-order chi connectivity index (χ0) is 14.7. The van der Waals surface area contributed by atoms with E-state index in [1.54, 1.807) is 12.1 Å². The average Bonchev–Trinajstić information content (AvgIpc) is 3.15. The molecule has 1 aliphatic carbocycles. The van der Waals surface area contributed by atoms with Gasteiger partial charge in [0.15, 0.2) is 5.96 Å². The molecule has 1 aliphatic rings. The third-order valence-electron chi connectivity index (χ3n) is 3.11. The van der Waals surface area contributed by atoms with Crippen molar-refractivity contribution in [1.82, 2.24) is 15.5 Å². The van der Waals surface area contributed by atoms with E-state index in [1.165, 1.54) is 12.8 Å². The summed E-state index contributed by atoms with van der Waals surface area (Å²) in [5.41, 5.74) is 6.62. The quantitative estimate of drug-likeness (QED) is 0.651. The molecule has 1 saturated carbocycles. The molecule has 0 radical (unpaired) electrons. The molecule has 0 unspecified atom stereocenters. The van der Waals surface area contributed by atoms with Crippen molar-refractivity contribution < 1.29 is 4.52 Å². The summed E-state index contributed by atoms with van der Waals surface area (Å²) in [4.78, 5) is 8.56. The van der Waals surface area contributed by atoms with Crippen LogP contribution in [0.2, 0.25) is 5.02 Å². The van der Waals surface area contributed by atoms with E-state index in [-0.39, 0.29) is 0 Å². The molecule has 0 bridgehead atoms. The molecule has 1 aromatic heterocycles. The predicted octanol–water partition coefficient (Wildman–Crippen LogP) is 2.00. The maximum absolute atomic E-state index is 5.85. The maximum Gasteiger partial charge on any atom is 0.228 e. The summed E-state index contributed by atoms with van der Waals surface area (Å²) in [6, 6.07) is 7.80. The fraction of sp³-hybridized carbons (Fsp3) is 0.357. The smallest absolute Gasteiger partial charge is 0.228 e. The number of rotatable bonds is 5. The summed E-state index contributed by atoms with van der Waals surface area (Å²) in [6.45, 7) is 0.522. The second-order valence-electron chi connectivity index (χ2n) is 4.95. The number of benzene rings is 1. The Hall–Kier alpha value is -2.08. The summed E-state index contributed by atoms with van der Waals surface area (Å²) in [5.74, 6) is 1.58. The van der Waals surface area contributed by atoms with Gasteiger partial charge in [-0.2, -0.15) is 4.98 Å². The lowest BCUT2D eigenvalue weighted by molar-refractivity contribution is 0.380. The number of hydrogen-bond donors (Lipinski definition) is 2. The van der Waals surface area contributed by atoms with Crippen LogP contribution in [0.5, 0.6) is 0 Å². The minimum absolute atomic E-state index is 0.481. The molecule has 3 N–H and O–H groups in total. The van der Waals surface area contributed by atoms with Crippen LogP contribution in [-0.4, -0.2) is 28.7 Å². The Morgan fingerprint density at radius 3 is 2.86 bits per heavy atom. The van der Waals surface area contributed by atoms with E-state index in [2.05, 4.69) is 20.4 Å². The molecule has 6 nitrogen and oxygen atoms in total. The first-order valence-electron chi connectivity index (χ1n) is 6.86. The molecule has 21 heavy (non-hydrogen) atoms. The number of hydrogen-bond acceptors (Lipinski definition) is 4. The van der Waals surface area contributed by atoms with Crippen molar-refractivity contribution in [2.45, 2.75) is 25.3 Å². The van der Waals surface area contributed by atoms with Crippen LogP contribution < -0.4 is 11.1 Å². The van der Waals surface area contributed by atoms with Crippen molar-refractivity contribution in [1.29, 1.82) is 0 Å². The Bertz CT molecular complexity index is 633. The molecule has 7 heteroatoms. The highest BCUT2D eigenvalue weighted by Crippen LogP contribution is 2.19. The summed E-state index contributed by atoms with van der Waals surface area (Å²) in [6.07, 6.45) is 2.91. The van der Waals surface area contributed by atoms with Gasteiger partial charge in [-0.3, -0.25) is 4.99 Å². The Morgan fingerprint density at radius 1 is 1.38 bits per heavy atom. The molecular formula is C14H16ClN5O. The van der Waals surface area contributed by atoms with Crippen molar-refractivity contribution in [3.8, 4) is 11.4 Å². The molecule has 1 fully saturated rings. The Balaban J connectivity index is 1.56. The molecule has 0 spiro atoms. The van der Waals surface area contributed by atoms with Crippen LogP contribution in [0.25, 0.3) is 11.4 Å². The fourth-order valence-corrected chi connectivity index (χ4v) is 1.95. The largest absolute Gasteiger partial charge is 0.370 e. The molecule has 0 aliphatic heterocycles. The van der Waals surface area contributed by atoms with Gasteiger partial charge in [0.2, 0.25) is 11.7 Å². The molecule has 3 rings (SSSR count). The highest BCUT2D eigenvalue weighted by atomic mass is 35.5. The van der Waals surface area contributed by atoms with Crippen molar-refractivity contribution >= 4 is 17.6 Å². The van der Waals surface area contributed by atoms with Crippen LogP contribution in [0.1, 0.15) is 18.7 Å². The van der Waals surface area contributed by atoms with Crippen molar-refractivity contribution in [3.05, 3.63) is 35.2 Å². The number of nitrogens with one attached hydrogen (secondary N) is 1. The van der Waals surface area contributed by atoms with Gasteiger partial charge in [0.25, 0.3) is 0 Å². The van der Waals surface area contributed by atoms with Crippen molar-refractivity contribution in [2.75, 3.05) is 6.54 Å². The lowest BCUT2D eigenvalue weighted by Gasteiger charge is -2.01. The predicted molar refractivity (Wildman–Crippen MR) is 81.1 cm³/mol. The SMILES string of the molecule is NC(=NCCc1nc(-c2ccc(Cl)cc2)no1)NC1CC1. The topological polar surface area (TPSA) is 89.3 Å². The monoisotopic (exact) mass is 305 g/mol. The fourth-order valence-electron chi connectivity index (χ4n) is 1.83. The molecule has 2 aromatic rings. The molecule has 1 heterocycles. The molecule has 110 valence electrons. The second-order valence-corrected chi connectivity index (χ2v) is 5.39. The molecule has 0 saturated heterocycles. The van der Waals surface area contributed by atoms with Gasteiger partial charge < -0.3 is 15.6 Å². The highest BCUT2D eigenvalue weighted by Gasteiger charge is 2.21. The van der Waals surface area contributed by atoms with Gasteiger partial charge in [-0.1, -0.05) is 16.8 Å². The summed E-state index contributed by atoms with van der Waals surface area (Å²) in [5, 5.41) is 7.75. The molecular weight excluding hydrogens is 290 g/mol. The first-order chi connectivity index (χ1) is 10.2. The van der Waals surface area contributed by atoms with Crippen molar-refractivity contribution in [3.63, 3.8) is 0 Å². The van der Waals surface area contributed by atoms with Crippen LogP contribution in [0.15, 0.2) is 33.8 Å². The number of nitrogens with zero attached hydrogens (tertiary/aromatic N) is 3. The van der Waals surface area contributed by atoms with Crippen LogP contribution in [0.3, 0.4) is 0 Å². The number of guanidine groups is 1. The van der Waals surface area contributed by atoms with Gasteiger partial charge in [0.1, 0.15) is 0 Å². The highest BCUT2D eigenvalue weighted by molar-refractivity contribution is 6.30. The number of halogens is 1. The van der Waals surface area contributed by atoms with Gasteiger partial charge in [-0.25, -0.2) is 0 Å². The summed E-state index contributed by atoms with van der Waals surface area (Å²) in [7, 11) is 0. The zero-order valence-corrected chi connectivity index (χ0v) is 12.2. The Morgan fingerprint density at radius 2 is 2.14 bits per heavy atom. The maximum atomic E-state index is 5.85. The number of nitrogens with two attached hydrogens (primary N) is 1. The van der Waals surface area contributed by atoms with Crippen LogP contribution in [-0.2, 0) is 6.42 Å². The van der Waals surface area contributed by atoms with E-state index in [9.17, 15) is 0 Å². The third-order valence-corrected chi connectivity index (χ3v) is 3.36. The standard InChI is InChI=1S/C14H16ClN5O/c15-10-3-1-9(2-4-10)13-19-12(21-20-13)7-8-17-14(16)18-11-5-6-11/h1-4,11H,5-8H2,(H3,16,17,18). The zero-order valence-electron chi connectivity index (χ0n) is 11.4. The van der Waals surface area contributed by atoms with Gasteiger partial charge in [0.05, 0.1) is 6.54 Å². The van der Waals surface area contributed by atoms with Gasteiger partial charge >= 0.3 is 0 Å². The molecule has 0 amide bonds. The first kappa shape index (κ1) is 13.9. The Labute approximate surface area is 127 Å². The van der Waals surface area contributed by atoms with E-state index in [4.69, 9.17) is 21.9 Å². The van der Waals surface area contributed by atoms with Crippen LogP contribution in [0.4, 0.5) is 0 Å².